The predicted molar refractivity (Wildman–Crippen MR) is 121 cm³/mol. The molecule has 0 atom stereocenters. The van der Waals surface area contributed by atoms with E-state index in [4.69, 9.17) is 21.7 Å². The highest BCUT2D eigenvalue weighted by Gasteiger charge is 2.22. The van der Waals surface area contributed by atoms with Crippen LogP contribution < -0.4 is 9.47 Å². The van der Waals surface area contributed by atoms with Crippen molar-refractivity contribution < 1.29 is 19.1 Å². The first-order valence-corrected chi connectivity index (χ1v) is 11.4. The van der Waals surface area contributed by atoms with Crippen LogP contribution in [0.5, 0.6) is 11.5 Å². The van der Waals surface area contributed by atoms with Gasteiger partial charge in [-0.1, -0.05) is 58.5 Å². The second-order valence-electron chi connectivity index (χ2n) is 6.14. The zero-order valence-electron chi connectivity index (χ0n) is 15.9. The topological polar surface area (TPSA) is 52.6 Å². The molecular weight excluding hydrogens is 424 g/mol. The smallest absolute Gasteiger partial charge is 0.347 e. The molecule has 0 N–H and O–H groups in total. The summed E-state index contributed by atoms with van der Waals surface area (Å²) in [4.78, 5) is 25.5. The van der Waals surface area contributed by atoms with Gasteiger partial charge in [-0.15, -0.1) is 0 Å². The van der Waals surface area contributed by atoms with Crippen molar-refractivity contribution in [3.63, 3.8) is 0 Å². The molecule has 0 fully saturated rings. The van der Waals surface area contributed by atoms with E-state index in [0.29, 0.717) is 17.7 Å². The first-order chi connectivity index (χ1) is 13.9. The van der Waals surface area contributed by atoms with Crippen molar-refractivity contribution in [2.24, 2.45) is 0 Å². The normalized spacial score (nSPS) is 10.4. The molecule has 2 aromatic carbocycles. The van der Waals surface area contributed by atoms with Crippen molar-refractivity contribution in [2.45, 2.75) is 20.3 Å². The van der Waals surface area contributed by atoms with Crippen molar-refractivity contribution in [3.05, 3.63) is 70.1 Å². The van der Waals surface area contributed by atoms with E-state index in [1.165, 1.54) is 6.92 Å². The van der Waals surface area contributed by atoms with Gasteiger partial charge in [-0.2, -0.15) is 0 Å². The number of carbonyl (C=O) groups is 2. The second-order valence-corrected chi connectivity index (χ2v) is 9.05. The molecule has 0 spiro atoms. The summed E-state index contributed by atoms with van der Waals surface area (Å²) in [6, 6.07) is 14.2. The minimum absolute atomic E-state index is 0.157. The highest BCUT2D eigenvalue weighted by Crippen LogP contribution is 2.32. The highest BCUT2D eigenvalue weighted by atomic mass is 32.9. The van der Waals surface area contributed by atoms with Crippen LogP contribution in [0.15, 0.2) is 55.1 Å². The summed E-state index contributed by atoms with van der Waals surface area (Å²) in [7, 11) is 3.15. The Balaban J connectivity index is 1.90. The number of benzene rings is 2. The number of carbonyl (C=O) groups excluding carboxylic acids is 2. The SMILES string of the molecule is C=C(CC)c1cccc(OC(C)=O)c1C(=O)Oc1ccc(-c2cc(=S)ss2)cc1. The number of allylic oxidation sites excluding steroid dienone is 1. The average molecular weight is 443 g/mol. The molecule has 0 aliphatic heterocycles. The van der Waals surface area contributed by atoms with Gasteiger partial charge >= 0.3 is 11.9 Å². The molecule has 148 valence electrons. The maximum atomic E-state index is 13.0. The summed E-state index contributed by atoms with van der Waals surface area (Å²) in [5.74, 6) is -0.571. The summed E-state index contributed by atoms with van der Waals surface area (Å²) in [6.07, 6.45) is 0.644. The third kappa shape index (κ3) is 5.06. The second kappa shape index (κ2) is 9.26. The van der Waals surface area contributed by atoms with Crippen LogP contribution in [-0.4, -0.2) is 11.9 Å². The third-order valence-corrected chi connectivity index (χ3v) is 7.01. The van der Waals surface area contributed by atoms with E-state index < -0.39 is 11.9 Å². The fraction of sp³-hybridized carbons (Fsp3) is 0.136. The van der Waals surface area contributed by atoms with Crippen LogP contribution >= 0.6 is 32.9 Å². The van der Waals surface area contributed by atoms with E-state index in [0.717, 1.165) is 19.8 Å². The fourth-order valence-electron chi connectivity index (χ4n) is 2.68. The van der Waals surface area contributed by atoms with Crippen LogP contribution in [-0.2, 0) is 4.79 Å². The minimum Gasteiger partial charge on any atom is -0.426 e. The molecule has 1 aromatic heterocycles. The van der Waals surface area contributed by atoms with Gasteiger partial charge in [0, 0.05) is 11.8 Å². The Labute approximate surface area is 181 Å². The van der Waals surface area contributed by atoms with Gasteiger partial charge in [0.1, 0.15) is 20.9 Å². The standard InChI is InChI=1S/C22H18O4S3/c1-4-13(2)17-6-5-7-18(25-14(3)23)21(17)22(24)26-16-10-8-15(9-11-16)19-12-20(27)29-28-19/h5-12H,2,4H2,1,3H3. The van der Waals surface area contributed by atoms with Crippen molar-refractivity contribution in [3.8, 4) is 21.9 Å². The van der Waals surface area contributed by atoms with Gasteiger partial charge in [0.15, 0.2) is 0 Å². The third-order valence-electron chi connectivity index (χ3n) is 4.10. The molecule has 29 heavy (non-hydrogen) atoms. The number of esters is 2. The van der Waals surface area contributed by atoms with Gasteiger partial charge in [-0.25, -0.2) is 4.79 Å². The van der Waals surface area contributed by atoms with E-state index in [2.05, 4.69) is 6.58 Å². The summed E-state index contributed by atoms with van der Waals surface area (Å²) in [5, 5.41) is 0. The van der Waals surface area contributed by atoms with E-state index in [9.17, 15) is 9.59 Å². The number of rotatable bonds is 6. The quantitative estimate of drug-likeness (QED) is 0.182. The predicted octanol–water partition coefficient (Wildman–Crippen LogP) is 6.77. The molecular formula is C22H18O4S3. The molecule has 4 nitrogen and oxygen atoms in total. The van der Waals surface area contributed by atoms with Gasteiger partial charge in [0.2, 0.25) is 0 Å². The molecule has 0 radical (unpaired) electrons. The first-order valence-electron chi connectivity index (χ1n) is 8.81. The van der Waals surface area contributed by atoms with E-state index >= 15 is 0 Å². The largest absolute Gasteiger partial charge is 0.426 e. The Bertz CT molecular complexity index is 1120. The van der Waals surface area contributed by atoms with Crippen molar-refractivity contribution in [2.75, 3.05) is 0 Å². The molecule has 3 aromatic rings. The van der Waals surface area contributed by atoms with E-state index in [1.807, 2.05) is 25.1 Å². The summed E-state index contributed by atoms with van der Waals surface area (Å²) in [6.45, 7) is 7.23. The van der Waals surface area contributed by atoms with Crippen LogP contribution in [0.25, 0.3) is 16.0 Å². The Morgan fingerprint density at radius 3 is 2.38 bits per heavy atom. The Morgan fingerprint density at radius 1 is 1.07 bits per heavy atom. The molecule has 0 aliphatic carbocycles. The van der Waals surface area contributed by atoms with Gasteiger partial charge in [0.05, 0.1) is 0 Å². The molecule has 0 amide bonds. The number of hydrogen-bond donors (Lipinski definition) is 0. The van der Waals surface area contributed by atoms with Gasteiger partial charge in [-0.3, -0.25) is 4.79 Å². The van der Waals surface area contributed by atoms with Crippen LogP contribution in [0.2, 0.25) is 0 Å². The monoisotopic (exact) mass is 442 g/mol. The van der Waals surface area contributed by atoms with Crippen LogP contribution in [0.4, 0.5) is 0 Å². The zero-order valence-corrected chi connectivity index (χ0v) is 18.3. The Morgan fingerprint density at radius 2 is 1.79 bits per heavy atom. The van der Waals surface area contributed by atoms with E-state index in [1.54, 1.807) is 51.0 Å². The molecule has 3 rings (SSSR count). The highest BCUT2D eigenvalue weighted by molar-refractivity contribution is 7.80. The molecule has 7 heteroatoms. The maximum Gasteiger partial charge on any atom is 0.347 e. The first kappa shape index (κ1) is 21.1. The summed E-state index contributed by atoms with van der Waals surface area (Å²) >= 11 is 5.17. The van der Waals surface area contributed by atoms with Gasteiger partial charge in [-0.05, 0) is 59.5 Å². The molecule has 0 saturated heterocycles. The van der Waals surface area contributed by atoms with Crippen LogP contribution in [0.3, 0.4) is 0 Å². The van der Waals surface area contributed by atoms with Crippen LogP contribution in [0.1, 0.15) is 36.2 Å². The average Bonchev–Trinajstić information content (AvgIpc) is 3.13. The summed E-state index contributed by atoms with van der Waals surface area (Å²) < 4.78 is 11.6. The maximum absolute atomic E-state index is 13.0. The summed E-state index contributed by atoms with van der Waals surface area (Å²) in [5.41, 5.74) is 2.54. The minimum atomic E-state index is -0.606. The zero-order chi connectivity index (χ0) is 21.0. The molecule has 0 aliphatic rings. The molecule has 1 heterocycles. The van der Waals surface area contributed by atoms with Crippen molar-refractivity contribution >= 4 is 50.4 Å². The Kier molecular flexibility index (Phi) is 6.74. The number of hydrogen-bond acceptors (Lipinski definition) is 7. The lowest BCUT2D eigenvalue weighted by Gasteiger charge is -2.14. The lowest BCUT2D eigenvalue weighted by molar-refractivity contribution is -0.131. The molecule has 0 saturated carbocycles. The molecule has 0 unspecified atom stereocenters. The van der Waals surface area contributed by atoms with Crippen molar-refractivity contribution in [1.82, 2.24) is 0 Å². The van der Waals surface area contributed by atoms with Crippen molar-refractivity contribution in [1.29, 1.82) is 0 Å². The Hall–Kier alpha value is -2.61. The lowest BCUT2D eigenvalue weighted by Crippen LogP contribution is -2.15. The van der Waals surface area contributed by atoms with Gasteiger partial charge in [0.25, 0.3) is 0 Å². The van der Waals surface area contributed by atoms with Gasteiger partial charge < -0.3 is 9.47 Å². The number of ether oxygens (including phenoxy) is 2. The fourth-order valence-corrected chi connectivity index (χ4v) is 5.09. The van der Waals surface area contributed by atoms with E-state index in [-0.39, 0.29) is 11.3 Å². The molecule has 0 bridgehead atoms. The lowest BCUT2D eigenvalue weighted by atomic mass is 9.98. The van der Waals surface area contributed by atoms with Crippen LogP contribution in [0, 0.1) is 3.82 Å².